The molecule has 0 aromatic heterocycles. The van der Waals surface area contributed by atoms with E-state index in [1.165, 1.54) is 19.3 Å². The lowest BCUT2D eigenvalue weighted by molar-refractivity contribution is 0.0541. The van der Waals surface area contributed by atoms with Crippen molar-refractivity contribution in [3.05, 3.63) is 0 Å². The molecule has 0 aromatic rings. The SMILES string of the molecule is CCC1CCC(N(C)C2CS(=O)(=O)CC2O)CC1. The van der Waals surface area contributed by atoms with Crippen LogP contribution >= 0.6 is 0 Å². The maximum Gasteiger partial charge on any atom is 0.154 e. The van der Waals surface area contributed by atoms with Crippen LogP contribution in [0.1, 0.15) is 39.0 Å². The van der Waals surface area contributed by atoms with Crippen LogP contribution in [-0.4, -0.2) is 55.2 Å². The van der Waals surface area contributed by atoms with Gasteiger partial charge in [-0.2, -0.15) is 0 Å². The van der Waals surface area contributed by atoms with Crippen molar-refractivity contribution in [2.24, 2.45) is 5.92 Å². The fourth-order valence-corrected chi connectivity index (χ4v) is 5.29. The van der Waals surface area contributed by atoms with Gasteiger partial charge in [-0.05, 0) is 38.6 Å². The fourth-order valence-electron chi connectivity index (χ4n) is 3.43. The van der Waals surface area contributed by atoms with Crippen molar-refractivity contribution < 1.29 is 13.5 Å². The molecular weight excluding hydrogens is 250 g/mol. The number of hydrogen-bond acceptors (Lipinski definition) is 4. The van der Waals surface area contributed by atoms with Gasteiger partial charge in [0.1, 0.15) is 0 Å². The fraction of sp³-hybridized carbons (Fsp3) is 1.00. The highest BCUT2D eigenvalue weighted by Gasteiger charge is 2.41. The van der Waals surface area contributed by atoms with Gasteiger partial charge < -0.3 is 5.11 Å². The average Bonchev–Trinajstić information content (AvgIpc) is 2.62. The van der Waals surface area contributed by atoms with Gasteiger partial charge in [-0.1, -0.05) is 13.3 Å². The molecule has 2 atom stereocenters. The van der Waals surface area contributed by atoms with Gasteiger partial charge in [-0.25, -0.2) is 8.42 Å². The number of nitrogens with zero attached hydrogens (tertiary/aromatic N) is 1. The number of likely N-dealkylation sites (N-methyl/N-ethyl adjacent to an activating group) is 1. The molecule has 0 amide bonds. The van der Waals surface area contributed by atoms with E-state index in [1.54, 1.807) is 0 Å². The largest absolute Gasteiger partial charge is 0.390 e. The number of rotatable bonds is 3. The van der Waals surface area contributed by atoms with E-state index in [4.69, 9.17) is 0 Å². The van der Waals surface area contributed by atoms with Crippen molar-refractivity contribution in [2.75, 3.05) is 18.6 Å². The Morgan fingerprint density at radius 3 is 2.22 bits per heavy atom. The summed E-state index contributed by atoms with van der Waals surface area (Å²) in [5, 5.41) is 9.90. The molecular formula is C13H25NO3S. The molecule has 5 heteroatoms. The zero-order valence-electron chi connectivity index (χ0n) is 11.4. The predicted octanol–water partition coefficient (Wildman–Crippen LogP) is 1.04. The van der Waals surface area contributed by atoms with Crippen LogP contribution in [0, 0.1) is 5.92 Å². The maximum absolute atomic E-state index is 11.6. The van der Waals surface area contributed by atoms with Gasteiger partial charge in [0, 0.05) is 6.04 Å². The van der Waals surface area contributed by atoms with Crippen molar-refractivity contribution in [3.63, 3.8) is 0 Å². The van der Waals surface area contributed by atoms with Crippen molar-refractivity contribution >= 4 is 9.84 Å². The van der Waals surface area contributed by atoms with Gasteiger partial charge >= 0.3 is 0 Å². The van der Waals surface area contributed by atoms with Gasteiger partial charge in [0.05, 0.1) is 23.7 Å². The second-order valence-electron chi connectivity index (χ2n) is 5.96. The lowest BCUT2D eigenvalue weighted by Gasteiger charge is -2.38. The van der Waals surface area contributed by atoms with Gasteiger partial charge in [0.15, 0.2) is 9.84 Å². The standard InChI is InChI=1S/C13H25NO3S/c1-3-10-4-6-11(7-5-10)14(2)12-8-18(16,17)9-13(12)15/h10-13,15H,3-9H2,1-2H3. The lowest BCUT2D eigenvalue weighted by atomic mass is 9.83. The molecule has 0 aromatic carbocycles. The summed E-state index contributed by atoms with van der Waals surface area (Å²) >= 11 is 0. The first-order chi connectivity index (χ1) is 8.43. The molecule has 1 heterocycles. The number of aliphatic hydroxyl groups is 1. The van der Waals surface area contributed by atoms with Crippen molar-refractivity contribution in [2.45, 2.75) is 57.2 Å². The molecule has 0 bridgehead atoms. The average molecular weight is 275 g/mol. The minimum absolute atomic E-state index is 0.0632. The van der Waals surface area contributed by atoms with E-state index < -0.39 is 15.9 Å². The van der Waals surface area contributed by atoms with Gasteiger partial charge in [0.25, 0.3) is 0 Å². The van der Waals surface area contributed by atoms with Crippen LogP contribution in [0.4, 0.5) is 0 Å². The highest BCUT2D eigenvalue weighted by atomic mass is 32.2. The zero-order valence-corrected chi connectivity index (χ0v) is 12.2. The monoisotopic (exact) mass is 275 g/mol. The summed E-state index contributed by atoms with van der Waals surface area (Å²) in [7, 11) is -1.06. The molecule has 18 heavy (non-hydrogen) atoms. The van der Waals surface area contributed by atoms with E-state index in [-0.39, 0.29) is 17.5 Å². The van der Waals surface area contributed by atoms with Gasteiger partial charge in [-0.3, -0.25) is 4.90 Å². The molecule has 0 spiro atoms. The highest BCUT2D eigenvalue weighted by Crippen LogP contribution is 2.31. The Kier molecular flexibility index (Phi) is 4.34. The minimum atomic E-state index is -3.04. The topological polar surface area (TPSA) is 57.6 Å². The van der Waals surface area contributed by atoms with Crippen molar-refractivity contribution in [1.82, 2.24) is 4.90 Å². The Hall–Kier alpha value is -0.130. The minimum Gasteiger partial charge on any atom is -0.390 e. The number of sulfone groups is 1. The van der Waals surface area contributed by atoms with E-state index in [0.29, 0.717) is 6.04 Å². The van der Waals surface area contributed by atoms with Crippen LogP contribution in [0.5, 0.6) is 0 Å². The predicted molar refractivity (Wildman–Crippen MR) is 72.2 cm³/mol. The van der Waals surface area contributed by atoms with E-state index in [2.05, 4.69) is 11.8 Å². The Bertz CT molecular complexity index is 374. The molecule has 106 valence electrons. The Labute approximate surface area is 110 Å². The van der Waals surface area contributed by atoms with Crippen LogP contribution in [0.15, 0.2) is 0 Å². The van der Waals surface area contributed by atoms with Crippen LogP contribution in [0.25, 0.3) is 0 Å². The number of aliphatic hydroxyl groups excluding tert-OH is 1. The van der Waals surface area contributed by atoms with Gasteiger partial charge in [0.2, 0.25) is 0 Å². The third-order valence-electron chi connectivity index (χ3n) is 4.79. The Morgan fingerprint density at radius 1 is 1.17 bits per heavy atom. The third-order valence-corrected chi connectivity index (χ3v) is 6.49. The van der Waals surface area contributed by atoms with E-state index in [1.807, 2.05) is 7.05 Å². The van der Waals surface area contributed by atoms with E-state index in [9.17, 15) is 13.5 Å². The molecule has 1 saturated carbocycles. The molecule has 1 aliphatic heterocycles. The van der Waals surface area contributed by atoms with Crippen LogP contribution in [0.3, 0.4) is 0 Å². The zero-order chi connectivity index (χ0) is 13.3. The summed E-state index contributed by atoms with van der Waals surface area (Å²) < 4.78 is 23.1. The summed E-state index contributed by atoms with van der Waals surface area (Å²) in [5.74, 6) is 0.900. The molecule has 1 saturated heterocycles. The van der Waals surface area contributed by atoms with Gasteiger partial charge in [-0.15, -0.1) is 0 Å². The molecule has 1 aliphatic carbocycles. The smallest absolute Gasteiger partial charge is 0.154 e. The Morgan fingerprint density at radius 2 is 1.78 bits per heavy atom. The molecule has 2 unspecified atom stereocenters. The van der Waals surface area contributed by atoms with Crippen LogP contribution in [-0.2, 0) is 9.84 Å². The van der Waals surface area contributed by atoms with Crippen molar-refractivity contribution in [3.8, 4) is 0 Å². The summed E-state index contributed by atoms with van der Waals surface area (Å²) in [6.07, 6.45) is 5.29. The summed E-state index contributed by atoms with van der Waals surface area (Å²) in [4.78, 5) is 2.13. The van der Waals surface area contributed by atoms with Crippen molar-refractivity contribution in [1.29, 1.82) is 0 Å². The molecule has 0 radical (unpaired) electrons. The van der Waals surface area contributed by atoms with E-state index in [0.717, 1.165) is 18.8 Å². The quantitative estimate of drug-likeness (QED) is 0.836. The molecule has 1 N–H and O–H groups in total. The first kappa shape index (κ1) is 14.3. The first-order valence-corrected chi connectivity index (χ1v) is 8.85. The van der Waals surface area contributed by atoms with Crippen LogP contribution < -0.4 is 0 Å². The molecule has 2 fully saturated rings. The maximum atomic E-state index is 11.6. The molecule has 2 aliphatic rings. The number of hydrogen-bond donors (Lipinski definition) is 1. The van der Waals surface area contributed by atoms with E-state index >= 15 is 0 Å². The highest BCUT2D eigenvalue weighted by molar-refractivity contribution is 7.91. The molecule has 4 nitrogen and oxygen atoms in total. The molecule has 2 rings (SSSR count). The first-order valence-electron chi connectivity index (χ1n) is 7.03. The second kappa shape index (κ2) is 5.47. The van der Waals surface area contributed by atoms with Crippen LogP contribution in [0.2, 0.25) is 0 Å². The third kappa shape index (κ3) is 3.06. The Balaban J connectivity index is 1.94. The summed E-state index contributed by atoms with van der Waals surface area (Å²) in [6.45, 7) is 2.24. The normalized spacial score (nSPS) is 40.2. The second-order valence-corrected chi connectivity index (χ2v) is 8.11. The lowest BCUT2D eigenvalue weighted by Crippen LogP contribution is -2.47. The summed E-state index contributed by atoms with van der Waals surface area (Å²) in [5.41, 5.74) is 0. The summed E-state index contributed by atoms with van der Waals surface area (Å²) in [6, 6.07) is 0.249.